The number of rotatable bonds is 3. The summed E-state index contributed by atoms with van der Waals surface area (Å²) in [7, 11) is 0. The Balaban J connectivity index is 2.25. The van der Waals surface area contributed by atoms with E-state index in [-0.39, 0.29) is 5.41 Å². The highest BCUT2D eigenvalue weighted by Crippen LogP contribution is 2.33. The fourth-order valence-electron chi connectivity index (χ4n) is 1.91. The number of hydrogen-bond acceptors (Lipinski definition) is 1. The highest BCUT2D eigenvalue weighted by atomic mass is 79.9. The number of ether oxygens (including phenoxy) is 1. The molecule has 0 radical (unpaired) electrons. The van der Waals surface area contributed by atoms with Crippen molar-refractivity contribution in [1.29, 1.82) is 0 Å². The average molecular weight is 354 g/mol. The van der Waals surface area contributed by atoms with Gasteiger partial charge >= 0.3 is 0 Å². The molecule has 0 aliphatic rings. The SMILES string of the molecule is CC(C)(C)c1ccc(Oc2cccc(Cl)c2CBr)cc1. The van der Waals surface area contributed by atoms with Gasteiger partial charge in [-0.05, 0) is 35.2 Å². The number of alkyl halides is 1. The van der Waals surface area contributed by atoms with Gasteiger partial charge in [0.2, 0.25) is 0 Å². The van der Waals surface area contributed by atoms with E-state index in [1.807, 2.05) is 30.3 Å². The lowest BCUT2D eigenvalue weighted by molar-refractivity contribution is 0.477. The minimum Gasteiger partial charge on any atom is -0.457 e. The predicted molar refractivity (Wildman–Crippen MR) is 89.3 cm³/mol. The summed E-state index contributed by atoms with van der Waals surface area (Å²) in [6.45, 7) is 6.59. The molecule has 0 fully saturated rings. The van der Waals surface area contributed by atoms with Gasteiger partial charge < -0.3 is 4.74 Å². The van der Waals surface area contributed by atoms with Crippen LogP contribution in [0.4, 0.5) is 0 Å². The zero-order valence-electron chi connectivity index (χ0n) is 11.9. The van der Waals surface area contributed by atoms with Crippen LogP contribution in [0.25, 0.3) is 0 Å². The molecule has 3 heteroatoms. The molecule has 0 heterocycles. The lowest BCUT2D eigenvalue weighted by Crippen LogP contribution is -2.10. The topological polar surface area (TPSA) is 9.23 Å². The van der Waals surface area contributed by atoms with E-state index in [4.69, 9.17) is 16.3 Å². The summed E-state index contributed by atoms with van der Waals surface area (Å²) in [5.74, 6) is 1.61. The maximum Gasteiger partial charge on any atom is 0.132 e. The molecule has 0 spiro atoms. The first-order valence-electron chi connectivity index (χ1n) is 6.53. The molecular weight excluding hydrogens is 336 g/mol. The van der Waals surface area contributed by atoms with Gasteiger partial charge in [0, 0.05) is 15.9 Å². The smallest absolute Gasteiger partial charge is 0.132 e. The quantitative estimate of drug-likeness (QED) is 0.586. The Morgan fingerprint density at radius 1 is 1.05 bits per heavy atom. The van der Waals surface area contributed by atoms with Crippen molar-refractivity contribution in [1.82, 2.24) is 0 Å². The van der Waals surface area contributed by atoms with E-state index in [0.717, 1.165) is 17.1 Å². The maximum atomic E-state index is 6.17. The van der Waals surface area contributed by atoms with Crippen LogP contribution in [0.3, 0.4) is 0 Å². The van der Waals surface area contributed by atoms with E-state index < -0.39 is 0 Å². The Morgan fingerprint density at radius 3 is 2.25 bits per heavy atom. The van der Waals surface area contributed by atoms with E-state index in [9.17, 15) is 0 Å². The third-order valence-corrected chi connectivity index (χ3v) is 4.07. The van der Waals surface area contributed by atoms with Crippen LogP contribution in [0, 0.1) is 0 Å². The molecule has 0 saturated heterocycles. The molecule has 2 aromatic rings. The van der Waals surface area contributed by atoms with Crippen LogP contribution < -0.4 is 4.74 Å². The van der Waals surface area contributed by atoms with Crippen LogP contribution in [0.15, 0.2) is 42.5 Å². The molecule has 0 aliphatic carbocycles. The Bertz CT molecular complexity index is 585. The van der Waals surface area contributed by atoms with Crippen LogP contribution in [0.5, 0.6) is 11.5 Å². The highest BCUT2D eigenvalue weighted by Gasteiger charge is 2.13. The Labute approximate surface area is 134 Å². The fourth-order valence-corrected chi connectivity index (χ4v) is 2.89. The first-order chi connectivity index (χ1) is 9.41. The molecule has 0 N–H and O–H groups in total. The Morgan fingerprint density at radius 2 is 1.70 bits per heavy atom. The van der Waals surface area contributed by atoms with Crippen molar-refractivity contribution in [2.45, 2.75) is 31.5 Å². The zero-order chi connectivity index (χ0) is 14.8. The molecule has 1 nitrogen and oxygen atoms in total. The average Bonchev–Trinajstić information content (AvgIpc) is 2.38. The summed E-state index contributed by atoms with van der Waals surface area (Å²) in [4.78, 5) is 0. The summed E-state index contributed by atoms with van der Waals surface area (Å²) < 4.78 is 5.93. The predicted octanol–water partition coefficient (Wildman–Crippen LogP) is 6.32. The van der Waals surface area contributed by atoms with Gasteiger partial charge in [0.05, 0.1) is 0 Å². The van der Waals surface area contributed by atoms with Crippen molar-refractivity contribution in [3.63, 3.8) is 0 Å². The standard InChI is InChI=1S/C17H18BrClO/c1-17(2,3)12-7-9-13(10-8-12)20-16-6-4-5-15(19)14(16)11-18/h4-10H,11H2,1-3H3. The van der Waals surface area contributed by atoms with Crippen molar-refractivity contribution < 1.29 is 4.74 Å². The number of hydrogen-bond donors (Lipinski definition) is 0. The van der Waals surface area contributed by atoms with Gasteiger partial charge in [0.1, 0.15) is 11.5 Å². The van der Waals surface area contributed by atoms with Gasteiger partial charge in [0.15, 0.2) is 0 Å². The molecule has 0 unspecified atom stereocenters. The maximum absolute atomic E-state index is 6.17. The van der Waals surface area contributed by atoms with Crippen molar-refractivity contribution in [2.75, 3.05) is 0 Å². The molecule has 2 rings (SSSR count). The van der Waals surface area contributed by atoms with Gasteiger partial charge in [-0.1, -0.05) is 66.5 Å². The largest absolute Gasteiger partial charge is 0.457 e. The van der Waals surface area contributed by atoms with E-state index in [1.54, 1.807) is 0 Å². The monoisotopic (exact) mass is 352 g/mol. The van der Waals surface area contributed by atoms with Gasteiger partial charge in [-0.3, -0.25) is 0 Å². The molecule has 20 heavy (non-hydrogen) atoms. The second-order valence-electron chi connectivity index (χ2n) is 5.73. The van der Waals surface area contributed by atoms with Crippen molar-refractivity contribution in [3.05, 3.63) is 58.6 Å². The number of halogens is 2. The fraction of sp³-hybridized carbons (Fsp3) is 0.294. The van der Waals surface area contributed by atoms with E-state index in [2.05, 4.69) is 48.8 Å². The van der Waals surface area contributed by atoms with Gasteiger partial charge in [-0.2, -0.15) is 0 Å². The summed E-state index contributed by atoms with van der Waals surface area (Å²) >= 11 is 9.62. The number of benzene rings is 2. The highest BCUT2D eigenvalue weighted by molar-refractivity contribution is 9.08. The molecule has 0 atom stereocenters. The van der Waals surface area contributed by atoms with E-state index in [1.165, 1.54) is 5.56 Å². The molecular formula is C17H18BrClO. The summed E-state index contributed by atoms with van der Waals surface area (Å²) in [5.41, 5.74) is 2.40. The summed E-state index contributed by atoms with van der Waals surface area (Å²) in [6, 6.07) is 13.9. The normalized spacial score (nSPS) is 11.4. The third kappa shape index (κ3) is 3.56. The molecule has 0 amide bonds. The van der Waals surface area contributed by atoms with Crippen LogP contribution in [0.1, 0.15) is 31.9 Å². The zero-order valence-corrected chi connectivity index (χ0v) is 14.3. The lowest BCUT2D eigenvalue weighted by Gasteiger charge is -2.19. The third-order valence-electron chi connectivity index (χ3n) is 3.16. The van der Waals surface area contributed by atoms with Crippen LogP contribution >= 0.6 is 27.5 Å². The summed E-state index contributed by atoms with van der Waals surface area (Å²) in [5, 5.41) is 1.38. The first-order valence-corrected chi connectivity index (χ1v) is 8.03. The van der Waals surface area contributed by atoms with E-state index >= 15 is 0 Å². The first kappa shape index (κ1) is 15.4. The van der Waals surface area contributed by atoms with Gasteiger partial charge in [-0.25, -0.2) is 0 Å². The minimum atomic E-state index is 0.148. The van der Waals surface area contributed by atoms with Gasteiger partial charge in [0.25, 0.3) is 0 Å². The van der Waals surface area contributed by atoms with Crippen LogP contribution in [-0.2, 0) is 10.7 Å². The summed E-state index contributed by atoms with van der Waals surface area (Å²) in [6.07, 6.45) is 0. The van der Waals surface area contributed by atoms with Crippen molar-refractivity contribution in [3.8, 4) is 11.5 Å². The van der Waals surface area contributed by atoms with Crippen LogP contribution in [-0.4, -0.2) is 0 Å². The Kier molecular flexibility index (Phi) is 4.77. The van der Waals surface area contributed by atoms with Crippen molar-refractivity contribution >= 4 is 27.5 Å². The molecule has 106 valence electrons. The van der Waals surface area contributed by atoms with Crippen molar-refractivity contribution in [2.24, 2.45) is 0 Å². The Hall–Kier alpha value is -0.990. The van der Waals surface area contributed by atoms with Crippen LogP contribution in [0.2, 0.25) is 5.02 Å². The minimum absolute atomic E-state index is 0.148. The van der Waals surface area contributed by atoms with Gasteiger partial charge in [-0.15, -0.1) is 0 Å². The molecule has 0 aliphatic heterocycles. The molecule has 0 aromatic heterocycles. The second-order valence-corrected chi connectivity index (χ2v) is 6.69. The van der Waals surface area contributed by atoms with E-state index in [0.29, 0.717) is 10.4 Å². The molecule has 0 saturated carbocycles. The molecule has 0 bridgehead atoms. The second kappa shape index (κ2) is 6.19. The lowest BCUT2D eigenvalue weighted by atomic mass is 9.87. The molecule has 2 aromatic carbocycles.